The van der Waals surface area contributed by atoms with Gasteiger partial charge in [0.1, 0.15) is 0 Å². The van der Waals surface area contributed by atoms with Gasteiger partial charge >= 0.3 is 5.97 Å². The van der Waals surface area contributed by atoms with Crippen LogP contribution in [0.1, 0.15) is 47.5 Å². The molecule has 0 aromatic heterocycles. The molecule has 15 heavy (non-hydrogen) atoms. The number of carbonyl (C=O) groups is 1. The monoisotopic (exact) mass is 216 g/mol. The number of hydrogen-bond donors (Lipinski definition) is 0. The first-order valence-corrected chi connectivity index (χ1v) is 5.83. The maximum Gasteiger partial charge on any atom is 0.334 e. The Morgan fingerprint density at radius 2 is 1.67 bits per heavy atom. The third-order valence-corrected chi connectivity index (χ3v) is 2.20. The van der Waals surface area contributed by atoms with Crippen molar-refractivity contribution >= 4 is 5.97 Å². The average Bonchev–Trinajstić information content (AvgIpc) is 2.21. The van der Waals surface area contributed by atoms with E-state index in [1.807, 2.05) is 13.8 Å². The van der Waals surface area contributed by atoms with Crippen molar-refractivity contribution in [2.45, 2.75) is 59.7 Å². The predicted molar refractivity (Wildman–Crippen MR) is 60.7 cm³/mol. The van der Waals surface area contributed by atoms with E-state index < -0.39 is 6.10 Å². The highest BCUT2D eigenvalue weighted by atomic mass is 16.6. The largest absolute Gasteiger partial charge is 0.464 e. The molecule has 0 aromatic carbocycles. The Kier molecular flexibility index (Phi) is 7.39. The second kappa shape index (κ2) is 7.69. The van der Waals surface area contributed by atoms with E-state index in [2.05, 4.69) is 13.8 Å². The molecule has 0 rings (SSSR count). The minimum absolute atomic E-state index is 0.159. The fourth-order valence-electron chi connectivity index (χ4n) is 1.19. The zero-order valence-electron chi connectivity index (χ0n) is 10.6. The molecule has 0 N–H and O–H groups in total. The van der Waals surface area contributed by atoms with Crippen molar-refractivity contribution in [2.24, 2.45) is 5.92 Å². The standard InChI is InChI=1S/C12H24O3/c1-6-11(7-2)15-10(5)12(13)14-8-9(3)4/h9-11H,6-8H2,1-5H3. The van der Waals surface area contributed by atoms with Crippen molar-refractivity contribution in [1.29, 1.82) is 0 Å². The molecular weight excluding hydrogens is 192 g/mol. The van der Waals surface area contributed by atoms with Gasteiger partial charge in [-0.3, -0.25) is 0 Å². The Morgan fingerprint density at radius 3 is 2.07 bits per heavy atom. The summed E-state index contributed by atoms with van der Waals surface area (Å²) in [7, 11) is 0. The lowest BCUT2D eigenvalue weighted by Crippen LogP contribution is -2.29. The topological polar surface area (TPSA) is 35.5 Å². The van der Waals surface area contributed by atoms with Crippen molar-refractivity contribution in [3.8, 4) is 0 Å². The van der Waals surface area contributed by atoms with Gasteiger partial charge in [-0.15, -0.1) is 0 Å². The number of esters is 1. The highest BCUT2D eigenvalue weighted by Gasteiger charge is 2.18. The molecular formula is C12H24O3. The summed E-state index contributed by atoms with van der Waals surface area (Å²) in [6.07, 6.45) is 1.57. The average molecular weight is 216 g/mol. The number of hydrogen-bond acceptors (Lipinski definition) is 3. The maximum atomic E-state index is 11.5. The van der Waals surface area contributed by atoms with E-state index >= 15 is 0 Å². The zero-order chi connectivity index (χ0) is 11.8. The van der Waals surface area contributed by atoms with E-state index in [1.165, 1.54) is 0 Å². The SMILES string of the molecule is CCC(CC)OC(C)C(=O)OCC(C)C. The molecule has 0 radical (unpaired) electrons. The molecule has 0 aliphatic rings. The second-order valence-electron chi connectivity index (χ2n) is 4.24. The van der Waals surface area contributed by atoms with Crippen molar-refractivity contribution in [3.05, 3.63) is 0 Å². The van der Waals surface area contributed by atoms with E-state index in [-0.39, 0.29) is 12.1 Å². The first-order valence-electron chi connectivity index (χ1n) is 5.83. The molecule has 0 bridgehead atoms. The number of rotatable bonds is 7. The third kappa shape index (κ3) is 6.50. The summed E-state index contributed by atoms with van der Waals surface area (Å²) < 4.78 is 10.7. The Labute approximate surface area is 93.1 Å². The molecule has 3 nitrogen and oxygen atoms in total. The molecule has 0 fully saturated rings. The van der Waals surface area contributed by atoms with Gasteiger partial charge in [-0.2, -0.15) is 0 Å². The van der Waals surface area contributed by atoms with Crippen molar-refractivity contribution in [1.82, 2.24) is 0 Å². The summed E-state index contributed by atoms with van der Waals surface area (Å²) in [5, 5.41) is 0. The first kappa shape index (κ1) is 14.4. The Balaban J connectivity index is 3.87. The van der Waals surface area contributed by atoms with Gasteiger partial charge in [-0.1, -0.05) is 27.7 Å². The highest BCUT2D eigenvalue weighted by Crippen LogP contribution is 2.08. The van der Waals surface area contributed by atoms with E-state index in [0.29, 0.717) is 12.5 Å². The van der Waals surface area contributed by atoms with Crippen LogP contribution in [-0.2, 0) is 14.3 Å². The second-order valence-corrected chi connectivity index (χ2v) is 4.24. The summed E-state index contributed by atoms with van der Waals surface area (Å²) in [4.78, 5) is 11.5. The van der Waals surface area contributed by atoms with E-state index in [0.717, 1.165) is 12.8 Å². The van der Waals surface area contributed by atoms with Crippen LogP contribution in [0.25, 0.3) is 0 Å². The Bertz CT molecular complexity index is 174. The molecule has 3 heteroatoms. The molecule has 0 amide bonds. The van der Waals surface area contributed by atoms with Crippen molar-refractivity contribution in [2.75, 3.05) is 6.61 Å². The van der Waals surface area contributed by atoms with Gasteiger partial charge in [-0.05, 0) is 25.7 Å². The van der Waals surface area contributed by atoms with Crippen LogP contribution in [-0.4, -0.2) is 24.8 Å². The van der Waals surface area contributed by atoms with Crippen LogP contribution < -0.4 is 0 Å². The van der Waals surface area contributed by atoms with Crippen LogP contribution in [0.15, 0.2) is 0 Å². The summed E-state index contributed by atoms with van der Waals surface area (Å²) in [6, 6.07) is 0. The molecule has 90 valence electrons. The lowest BCUT2D eigenvalue weighted by atomic mass is 10.2. The van der Waals surface area contributed by atoms with Crippen LogP contribution in [0.4, 0.5) is 0 Å². The molecule has 0 aliphatic carbocycles. The van der Waals surface area contributed by atoms with Gasteiger partial charge in [0.25, 0.3) is 0 Å². The molecule has 0 aromatic rings. The lowest BCUT2D eigenvalue weighted by Gasteiger charge is -2.19. The van der Waals surface area contributed by atoms with E-state index in [4.69, 9.17) is 9.47 Å². The molecule has 0 saturated heterocycles. The molecule has 0 heterocycles. The van der Waals surface area contributed by atoms with Crippen LogP contribution in [0.5, 0.6) is 0 Å². The zero-order valence-corrected chi connectivity index (χ0v) is 10.6. The molecule has 0 saturated carbocycles. The van der Waals surface area contributed by atoms with E-state index in [1.54, 1.807) is 6.92 Å². The summed E-state index contributed by atoms with van der Waals surface area (Å²) in [5.41, 5.74) is 0. The molecule has 1 atom stereocenters. The van der Waals surface area contributed by atoms with Crippen LogP contribution in [0.2, 0.25) is 0 Å². The van der Waals surface area contributed by atoms with Crippen molar-refractivity contribution < 1.29 is 14.3 Å². The summed E-state index contributed by atoms with van der Waals surface area (Å²) >= 11 is 0. The molecule has 0 spiro atoms. The van der Waals surface area contributed by atoms with Gasteiger partial charge in [0, 0.05) is 0 Å². The van der Waals surface area contributed by atoms with Gasteiger partial charge in [0.15, 0.2) is 6.10 Å². The van der Waals surface area contributed by atoms with Gasteiger partial charge < -0.3 is 9.47 Å². The first-order chi connectivity index (χ1) is 7.01. The minimum atomic E-state index is -0.450. The predicted octanol–water partition coefficient (Wildman–Crippen LogP) is 2.78. The van der Waals surface area contributed by atoms with E-state index in [9.17, 15) is 4.79 Å². The number of carbonyl (C=O) groups excluding carboxylic acids is 1. The van der Waals surface area contributed by atoms with Gasteiger partial charge in [0.05, 0.1) is 12.7 Å². The molecule has 0 aliphatic heterocycles. The van der Waals surface area contributed by atoms with Gasteiger partial charge in [-0.25, -0.2) is 4.79 Å². The Morgan fingerprint density at radius 1 is 1.13 bits per heavy atom. The molecule has 1 unspecified atom stereocenters. The fourth-order valence-corrected chi connectivity index (χ4v) is 1.19. The smallest absolute Gasteiger partial charge is 0.334 e. The van der Waals surface area contributed by atoms with Gasteiger partial charge in [0.2, 0.25) is 0 Å². The fraction of sp³-hybridized carbons (Fsp3) is 0.917. The Hall–Kier alpha value is -0.570. The maximum absolute atomic E-state index is 11.5. The summed E-state index contributed by atoms with van der Waals surface area (Å²) in [5.74, 6) is 0.116. The quantitative estimate of drug-likeness (QED) is 0.614. The third-order valence-electron chi connectivity index (χ3n) is 2.20. The normalized spacial score (nSPS) is 13.3. The van der Waals surface area contributed by atoms with Crippen LogP contribution in [0.3, 0.4) is 0 Å². The number of ether oxygens (including phenoxy) is 2. The minimum Gasteiger partial charge on any atom is -0.464 e. The van der Waals surface area contributed by atoms with Crippen molar-refractivity contribution in [3.63, 3.8) is 0 Å². The summed E-state index contributed by atoms with van der Waals surface area (Å²) in [6.45, 7) is 10.4. The lowest BCUT2D eigenvalue weighted by molar-refractivity contribution is -0.160. The van der Waals surface area contributed by atoms with Crippen LogP contribution >= 0.6 is 0 Å². The highest BCUT2D eigenvalue weighted by molar-refractivity contribution is 5.74. The van der Waals surface area contributed by atoms with Crippen LogP contribution in [0, 0.1) is 5.92 Å².